The Labute approximate surface area is 145 Å². The molecule has 0 aromatic carbocycles. The molecule has 24 heavy (non-hydrogen) atoms. The van der Waals surface area contributed by atoms with Crippen LogP contribution < -0.4 is 14.5 Å². The van der Waals surface area contributed by atoms with E-state index in [0.717, 1.165) is 41.9 Å². The number of aryl methyl sites for hydroxylation is 1. The molecule has 2 aromatic heterocycles. The Hall–Kier alpha value is -1.96. The summed E-state index contributed by atoms with van der Waals surface area (Å²) in [5, 5.41) is 10.5. The second-order valence-electron chi connectivity index (χ2n) is 6.38. The standard InChI is InChI=1S/C16H22N6OS/c1-11-19-20-16(24-11)21-7-5-13(6-8-21)22(12-3-4-12)14-9-15(23-2)18-10-17-14/h9-10,12-13H,3-8H2,1-2H3. The van der Waals surface area contributed by atoms with E-state index in [1.165, 1.54) is 12.8 Å². The first-order valence-electron chi connectivity index (χ1n) is 8.44. The molecule has 0 spiro atoms. The highest BCUT2D eigenvalue weighted by atomic mass is 32.1. The maximum absolute atomic E-state index is 5.27. The lowest BCUT2D eigenvalue weighted by Gasteiger charge is -2.39. The van der Waals surface area contributed by atoms with Crippen molar-refractivity contribution in [2.24, 2.45) is 0 Å². The number of piperidine rings is 1. The zero-order valence-electron chi connectivity index (χ0n) is 14.1. The van der Waals surface area contributed by atoms with Gasteiger partial charge in [-0.25, -0.2) is 9.97 Å². The van der Waals surface area contributed by atoms with Gasteiger partial charge in [0, 0.05) is 31.2 Å². The van der Waals surface area contributed by atoms with Crippen molar-refractivity contribution >= 4 is 22.3 Å². The van der Waals surface area contributed by atoms with Crippen LogP contribution in [0, 0.1) is 6.92 Å². The van der Waals surface area contributed by atoms with Gasteiger partial charge in [0.1, 0.15) is 17.2 Å². The van der Waals surface area contributed by atoms with Crippen LogP contribution in [0.4, 0.5) is 10.9 Å². The Bertz CT molecular complexity index is 695. The van der Waals surface area contributed by atoms with E-state index in [4.69, 9.17) is 4.74 Å². The van der Waals surface area contributed by atoms with E-state index in [9.17, 15) is 0 Å². The third kappa shape index (κ3) is 3.15. The van der Waals surface area contributed by atoms with Gasteiger partial charge >= 0.3 is 0 Å². The molecule has 7 nitrogen and oxygen atoms in total. The van der Waals surface area contributed by atoms with Crippen LogP contribution in [0.2, 0.25) is 0 Å². The van der Waals surface area contributed by atoms with E-state index in [1.54, 1.807) is 24.8 Å². The van der Waals surface area contributed by atoms with Gasteiger partial charge in [0.25, 0.3) is 0 Å². The molecule has 0 amide bonds. The van der Waals surface area contributed by atoms with E-state index < -0.39 is 0 Å². The van der Waals surface area contributed by atoms with Crippen molar-refractivity contribution in [3.05, 3.63) is 17.4 Å². The van der Waals surface area contributed by atoms with Crippen LogP contribution in [0.5, 0.6) is 5.88 Å². The molecular formula is C16H22N6OS. The van der Waals surface area contributed by atoms with Crippen molar-refractivity contribution in [1.82, 2.24) is 20.2 Å². The van der Waals surface area contributed by atoms with Crippen molar-refractivity contribution in [2.75, 3.05) is 30.0 Å². The van der Waals surface area contributed by atoms with Crippen LogP contribution in [-0.2, 0) is 0 Å². The average Bonchev–Trinajstić information content (AvgIpc) is 3.36. The van der Waals surface area contributed by atoms with Crippen molar-refractivity contribution in [3.63, 3.8) is 0 Å². The minimum atomic E-state index is 0.516. The van der Waals surface area contributed by atoms with Crippen LogP contribution in [-0.4, -0.2) is 52.4 Å². The summed E-state index contributed by atoms with van der Waals surface area (Å²) in [6.07, 6.45) is 6.33. The largest absolute Gasteiger partial charge is 0.481 e. The monoisotopic (exact) mass is 346 g/mol. The minimum Gasteiger partial charge on any atom is -0.481 e. The predicted molar refractivity (Wildman–Crippen MR) is 94.0 cm³/mol. The molecule has 1 saturated carbocycles. The van der Waals surface area contributed by atoms with Gasteiger partial charge in [0.05, 0.1) is 7.11 Å². The van der Waals surface area contributed by atoms with Gasteiger partial charge in [-0.1, -0.05) is 11.3 Å². The summed E-state index contributed by atoms with van der Waals surface area (Å²) >= 11 is 1.68. The van der Waals surface area contributed by atoms with Gasteiger partial charge in [-0.15, -0.1) is 10.2 Å². The SMILES string of the molecule is COc1cc(N(C2CC2)C2CCN(c3nnc(C)s3)CC2)ncn1. The lowest BCUT2D eigenvalue weighted by atomic mass is 10.0. The second kappa shape index (κ2) is 6.51. The highest BCUT2D eigenvalue weighted by Crippen LogP contribution is 2.36. The number of ether oxygens (including phenoxy) is 1. The van der Waals surface area contributed by atoms with E-state index in [-0.39, 0.29) is 0 Å². The quantitative estimate of drug-likeness (QED) is 0.823. The van der Waals surface area contributed by atoms with Gasteiger partial charge in [-0.3, -0.25) is 0 Å². The number of methoxy groups -OCH3 is 1. The molecule has 0 radical (unpaired) electrons. The van der Waals surface area contributed by atoms with Crippen molar-refractivity contribution in [2.45, 2.75) is 44.7 Å². The Morgan fingerprint density at radius 1 is 1.12 bits per heavy atom. The second-order valence-corrected chi connectivity index (χ2v) is 7.54. The van der Waals surface area contributed by atoms with Crippen LogP contribution in [0.3, 0.4) is 0 Å². The fourth-order valence-corrected chi connectivity index (χ4v) is 4.10. The zero-order chi connectivity index (χ0) is 16.5. The molecular weight excluding hydrogens is 324 g/mol. The Morgan fingerprint density at radius 3 is 2.50 bits per heavy atom. The number of hydrogen-bond acceptors (Lipinski definition) is 8. The van der Waals surface area contributed by atoms with Crippen LogP contribution in [0.25, 0.3) is 0 Å². The highest BCUT2D eigenvalue weighted by Gasteiger charge is 2.37. The Morgan fingerprint density at radius 2 is 1.88 bits per heavy atom. The Kier molecular flexibility index (Phi) is 4.22. The average molecular weight is 346 g/mol. The third-order valence-corrected chi connectivity index (χ3v) is 5.58. The molecule has 2 fully saturated rings. The Balaban J connectivity index is 1.47. The molecule has 2 aliphatic rings. The van der Waals surface area contributed by atoms with Crippen LogP contribution in [0.15, 0.2) is 12.4 Å². The summed E-state index contributed by atoms with van der Waals surface area (Å²) in [5.41, 5.74) is 0. The van der Waals surface area contributed by atoms with Gasteiger partial charge in [-0.05, 0) is 32.6 Å². The van der Waals surface area contributed by atoms with Crippen molar-refractivity contribution in [1.29, 1.82) is 0 Å². The normalized spacial score (nSPS) is 18.7. The molecule has 8 heteroatoms. The van der Waals surface area contributed by atoms with Crippen LogP contribution >= 0.6 is 11.3 Å². The summed E-state index contributed by atoms with van der Waals surface area (Å²) in [5.74, 6) is 1.63. The van der Waals surface area contributed by atoms with Gasteiger partial charge < -0.3 is 14.5 Å². The molecule has 1 aliphatic heterocycles. The fourth-order valence-electron chi connectivity index (χ4n) is 3.36. The number of hydrogen-bond donors (Lipinski definition) is 0. The minimum absolute atomic E-state index is 0.516. The summed E-state index contributed by atoms with van der Waals surface area (Å²) in [6, 6.07) is 3.09. The highest BCUT2D eigenvalue weighted by molar-refractivity contribution is 7.15. The van der Waals surface area contributed by atoms with E-state index >= 15 is 0 Å². The molecule has 4 rings (SSSR count). The first-order valence-corrected chi connectivity index (χ1v) is 9.25. The summed E-state index contributed by atoms with van der Waals surface area (Å²) in [4.78, 5) is 13.5. The fraction of sp³-hybridized carbons (Fsp3) is 0.625. The first kappa shape index (κ1) is 15.6. The zero-order valence-corrected chi connectivity index (χ0v) is 14.9. The van der Waals surface area contributed by atoms with E-state index in [0.29, 0.717) is 18.0 Å². The predicted octanol–water partition coefficient (Wildman–Crippen LogP) is 2.28. The van der Waals surface area contributed by atoms with Crippen molar-refractivity contribution in [3.8, 4) is 5.88 Å². The van der Waals surface area contributed by atoms with Gasteiger partial charge in [-0.2, -0.15) is 0 Å². The lowest BCUT2D eigenvalue weighted by molar-refractivity contribution is 0.395. The van der Waals surface area contributed by atoms with Gasteiger partial charge in [0.15, 0.2) is 0 Å². The molecule has 1 aliphatic carbocycles. The lowest BCUT2D eigenvalue weighted by Crippen LogP contribution is -2.46. The molecule has 2 aromatic rings. The smallest absolute Gasteiger partial charge is 0.218 e. The molecule has 0 unspecified atom stereocenters. The first-order chi connectivity index (χ1) is 11.7. The number of rotatable bonds is 5. The summed E-state index contributed by atoms with van der Waals surface area (Å²) in [6.45, 7) is 4.04. The number of anilines is 2. The maximum atomic E-state index is 5.27. The third-order valence-electron chi connectivity index (χ3n) is 4.69. The van der Waals surface area contributed by atoms with Crippen molar-refractivity contribution < 1.29 is 4.74 Å². The van der Waals surface area contributed by atoms with E-state index in [1.807, 2.05) is 13.0 Å². The summed E-state index contributed by atoms with van der Waals surface area (Å²) in [7, 11) is 1.65. The molecule has 0 bridgehead atoms. The molecule has 128 valence electrons. The molecule has 3 heterocycles. The topological polar surface area (TPSA) is 67.3 Å². The number of nitrogens with zero attached hydrogens (tertiary/aromatic N) is 6. The molecule has 0 N–H and O–H groups in total. The van der Waals surface area contributed by atoms with Gasteiger partial charge in [0.2, 0.25) is 11.0 Å². The van der Waals surface area contributed by atoms with Crippen LogP contribution in [0.1, 0.15) is 30.7 Å². The molecule has 1 saturated heterocycles. The molecule has 0 atom stereocenters. The summed E-state index contributed by atoms with van der Waals surface area (Å²) < 4.78 is 5.27. The maximum Gasteiger partial charge on any atom is 0.218 e. The number of aromatic nitrogens is 4. The van der Waals surface area contributed by atoms with E-state index in [2.05, 4.69) is 30.0 Å².